The zero-order valence-corrected chi connectivity index (χ0v) is 20.4. The van der Waals surface area contributed by atoms with E-state index in [0.717, 1.165) is 6.42 Å². The van der Waals surface area contributed by atoms with Crippen molar-refractivity contribution in [3.63, 3.8) is 0 Å². The van der Waals surface area contributed by atoms with Crippen molar-refractivity contribution in [3.05, 3.63) is 12.2 Å². The van der Waals surface area contributed by atoms with Crippen molar-refractivity contribution >= 4 is 18.5 Å². The summed E-state index contributed by atoms with van der Waals surface area (Å²) in [7, 11) is 1.54. The van der Waals surface area contributed by atoms with E-state index in [4.69, 9.17) is 23.8 Å². The van der Waals surface area contributed by atoms with Crippen molar-refractivity contribution in [2.45, 2.75) is 103 Å². The molecule has 0 heterocycles. The largest absolute Gasteiger partial charge is 0.379 e. The molecule has 0 spiro atoms. The van der Waals surface area contributed by atoms with Gasteiger partial charge < -0.3 is 23.8 Å². The van der Waals surface area contributed by atoms with Gasteiger partial charge in [-0.1, -0.05) is 76.9 Å². The fourth-order valence-electron chi connectivity index (χ4n) is 3.03. The average molecular weight is 453 g/mol. The molecular weight excluding hydrogens is 407 g/mol. The van der Waals surface area contributed by atoms with Gasteiger partial charge in [0, 0.05) is 13.7 Å². The highest BCUT2D eigenvalue weighted by atomic mass is 32.5. The second-order valence-electron chi connectivity index (χ2n) is 7.66. The van der Waals surface area contributed by atoms with E-state index < -0.39 is 6.72 Å². The Labute approximate surface area is 184 Å². The van der Waals surface area contributed by atoms with Crippen molar-refractivity contribution in [3.8, 4) is 0 Å². The number of allylic oxidation sites excluding steroid dienone is 2. The monoisotopic (exact) mass is 452 g/mol. The number of unbranched alkanes of at least 4 members (excludes halogenated alkanes) is 12. The van der Waals surface area contributed by atoms with Gasteiger partial charge in [-0.15, -0.1) is 0 Å². The van der Waals surface area contributed by atoms with E-state index in [1.165, 1.54) is 83.5 Å². The molecule has 0 saturated heterocycles. The average Bonchev–Trinajstić information content (AvgIpc) is 2.68. The molecule has 5 nitrogen and oxygen atoms in total. The van der Waals surface area contributed by atoms with E-state index in [9.17, 15) is 0 Å². The molecule has 0 saturated carbocycles. The minimum absolute atomic E-state index is 0.0359. The van der Waals surface area contributed by atoms with Crippen LogP contribution < -0.4 is 0 Å². The van der Waals surface area contributed by atoms with Crippen LogP contribution in [0.4, 0.5) is 0 Å². The summed E-state index contributed by atoms with van der Waals surface area (Å²) >= 11 is 4.41. The van der Waals surface area contributed by atoms with Crippen LogP contribution >= 0.6 is 6.72 Å². The van der Waals surface area contributed by atoms with E-state index in [1.807, 2.05) is 0 Å². The van der Waals surface area contributed by atoms with Crippen LogP contribution in [0.5, 0.6) is 0 Å². The molecule has 7 heteroatoms. The standard InChI is InChI=1S/C22H45O5PS/c1-3-4-5-6-7-8-9-10-11-12-13-14-15-16-17-18-19-26-20-22(25-2)21-27-28(23,24)29/h10-11,22H,3-9,12-21H2,1-2H3,(H2,23,24,29)/b11-10-/t22-/m1/s1. The maximum absolute atomic E-state index is 9.05. The van der Waals surface area contributed by atoms with Gasteiger partial charge in [-0.25, -0.2) is 0 Å². The first kappa shape index (κ1) is 29.2. The van der Waals surface area contributed by atoms with Crippen LogP contribution in [0.3, 0.4) is 0 Å². The lowest BCUT2D eigenvalue weighted by atomic mass is 10.1. The normalized spacial score (nSPS) is 13.4. The third kappa shape index (κ3) is 24.3. The Morgan fingerprint density at radius 3 is 1.83 bits per heavy atom. The molecule has 1 atom stereocenters. The van der Waals surface area contributed by atoms with Crippen LogP contribution in [0, 0.1) is 0 Å². The minimum Gasteiger partial charge on any atom is -0.379 e. The predicted octanol–water partition coefficient (Wildman–Crippen LogP) is 6.28. The lowest BCUT2D eigenvalue weighted by Gasteiger charge is -2.17. The fourth-order valence-corrected chi connectivity index (χ4v) is 3.57. The number of ether oxygens (including phenoxy) is 2. The smallest absolute Gasteiger partial charge is 0.321 e. The molecule has 0 aliphatic heterocycles. The van der Waals surface area contributed by atoms with Gasteiger partial charge in [-0.3, -0.25) is 0 Å². The van der Waals surface area contributed by atoms with Gasteiger partial charge in [0.15, 0.2) is 0 Å². The van der Waals surface area contributed by atoms with Gasteiger partial charge in [-0.2, -0.15) is 0 Å². The third-order valence-corrected chi connectivity index (χ3v) is 5.67. The zero-order valence-electron chi connectivity index (χ0n) is 18.7. The van der Waals surface area contributed by atoms with Crippen LogP contribution in [-0.2, 0) is 25.8 Å². The summed E-state index contributed by atoms with van der Waals surface area (Å²) in [6, 6.07) is 0. The summed E-state index contributed by atoms with van der Waals surface area (Å²) in [4.78, 5) is 18.1. The van der Waals surface area contributed by atoms with Gasteiger partial charge in [0.2, 0.25) is 0 Å². The first-order valence-corrected chi connectivity index (χ1v) is 14.1. The summed E-state index contributed by atoms with van der Waals surface area (Å²) < 4.78 is 15.5. The zero-order chi connectivity index (χ0) is 21.6. The molecule has 174 valence electrons. The number of hydrogen-bond acceptors (Lipinski definition) is 4. The van der Waals surface area contributed by atoms with Crippen LogP contribution in [0.2, 0.25) is 0 Å². The summed E-state index contributed by atoms with van der Waals surface area (Å²) in [6.45, 7) is -0.257. The van der Waals surface area contributed by atoms with Crippen molar-refractivity contribution in [2.75, 3.05) is 26.9 Å². The van der Waals surface area contributed by atoms with Gasteiger partial charge in [0.05, 0.1) is 13.2 Å². The summed E-state index contributed by atoms with van der Waals surface area (Å²) in [6.07, 6.45) is 22.5. The lowest BCUT2D eigenvalue weighted by molar-refractivity contribution is -0.0173. The molecular formula is C22H45O5PS. The SMILES string of the molecule is CCCCCCCC/C=C\CCCCCCCCOC[C@H](COP(O)(O)=S)OC. The maximum atomic E-state index is 9.05. The lowest BCUT2D eigenvalue weighted by Crippen LogP contribution is -2.24. The molecule has 0 aromatic heterocycles. The van der Waals surface area contributed by atoms with Gasteiger partial charge in [-0.05, 0) is 43.9 Å². The van der Waals surface area contributed by atoms with Gasteiger partial charge in [0.1, 0.15) is 6.10 Å². The van der Waals surface area contributed by atoms with Crippen molar-refractivity contribution in [1.29, 1.82) is 0 Å². The van der Waals surface area contributed by atoms with E-state index in [0.29, 0.717) is 13.2 Å². The predicted molar refractivity (Wildman–Crippen MR) is 126 cm³/mol. The molecule has 29 heavy (non-hydrogen) atoms. The van der Waals surface area contributed by atoms with Crippen LogP contribution in [0.1, 0.15) is 96.8 Å². The van der Waals surface area contributed by atoms with E-state index in [1.54, 1.807) is 7.11 Å². The Hall–Kier alpha value is 0.190. The molecule has 0 amide bonds. The van der Waals surface area contributed by atoms with E-state index in [-0.39, 0.29) is 12.7 Å². The van der Waals surface area contributed by atoms with Crippen LogP contribution in [0.15, 0.2) is 12.2 Å². The summed E-state index contributed by atoms with van der Waals surface area (Å²) in [5, 5.41) is 0. The molecule has 0 aliphatic carbocycles. The molecule has 2 N–H and O–H groups in total. The number of methoxy groups -OCH3 is 1. The molecule has 0 aromatic rings. The Kier molecular flexibility index (Phi) is 21.6. The highest BCUT2D eigenvalue weighted by Gasteiger charge is 2.14. The van der Waals surface area contributed by atoms with Crippen molar-refractivity contribution in [2.24, 2.45) is 0 Å². The number of hydrogen-bond donors (Lipinski definition) is 2. The Bertz CT molecular complexity index is 414. The molecule has 0 aromatic carbocycles. The quantitative estimate of drug-likeness (QED) is 0.114. The fraction of sp³-hybridized carbons (Fsp3) is 0.909. The topological polar surface area (TPSA) is 68.2 Å². The first-order chi connectivity index (χ1) is 14.0. The van der Waals surface area contributed by atoms with Gasteiger partial charge >= 0.3 is 6.72 Å². The van der Waals surface area contributed by atoms with Crippen LogP contribution in [-0.4, -0.2) is 42.8 Å². The summed E-state index contributed by atoms with van der Waals surface area (Å²) in [5.41, 5.74) is 0. The van der Waals surface area contributed by atoms with Crippen molar-refractivity contribution < 1.29 is 23.8 Å². The molecule has 0 fully saturated rings. The third-order valence-electron chi connectivity index (χ3n) is 4.87. The van der Waals surface area contributed by atoms with Crippen LogP contribution in [0.25, 0.3) is 0 Å². The van der Waals surface area contributed by atoms with Crippen molar-refractivity contribution in [1.82, 2.24) is 0 Å². The maximum Gasteiger partial charge on any atom is 0.321 e. The highest BCUT2D eigenvalue weighted by molar-refractivity contribution is 8.06. The Balaban J connectivity index is 3.30. The van der Waals surface area contributed by atoms with E-state index in [2.05, 4.69) is 30.9 Å². The molecule has 0 aliphatic rings. The second kappa shape index (κ2) is 21.4. The molecule has 0 rings (SSSR count). The second-order valence-corrected chi connectivity index (χ2v) is 10.3. The van der Waals surface area contributed by atoms with E-state index >= 15 is 0 Å². The minimum atomic E-state index is -3.62. The molecule has 0 radical (unpaired) electrons. The first-order valence-electron chi connectivity index (χ1n) is 11.4. The highest BCUT2D eigenvalue weighted by Crippen LogP contribution is 2.36. The Morgan fingerprint density at radius 2 is 1.31 bits per heavy atom. The Morgan fingerprint density at radius 1 is 0.793 bits per heavy atom. The number of rotatable bonds is 22. The van der Waals surface area contributed by atoms with Gasteiger partial charge in [0.25, 0.3) is 0 Å². The molecule has 0 bridgehead atoms. The molecule has 0 unspecified atom stereocenters. The summed E-state index contributed by atoms with van der Waals surface area (Å²) in [5.74, 6) is 0.